The third-order valence-electron chi connectivity index (χ3n) is 4.05. The summed E-state index contributed by atoms with van der Waals surface area (Å²) in [5.41, 5.74) is 5.42. The number of Topliss-reactive ketones (excluding diaryl/α,β-unsaturated/α-hetero) is 1. The van der Waals surface area contributed by atoms with E-state index in [-0.39, 0.29) is 12.5 Å². The first-order valence-corrected chi connectivity index (χ1v) is 11.2. The lowest BCUT2D eigenvalue weighted by Crippen LogP contribution is -2.15. The van der Waals surface area contributed by atoms with Gasteiger partial charge in [-0.1, -0.05) is 85.0 Å². The van der Waals surface area contributed by atoms with Crippen LogP contribution in [0.3, 0.4) is 0 Å². The Morgan fingerprint density at radius 3 is 1.69 bits per heavy atom. The third-order valence-corrected chi connectivity index (χ3v) is 4.05. The smallest absolute Gasteiger partial charge is 0.129 e. The van der Waals surface area contributed by atoms with Gasteiger partial charge in [0.2, 0.25) is 0 Å². The zero-order valence-corrected chi connectivity index (χ0v) is 18.5. The van der Waals surface area contributed by atoms with Crippen LogP contribution in [-0.2, 0) is 4.79 Å². The van der Waals surface area contributed by atoms with Gasteiger partial charge in [-0.15, -0.1) is 0 Å². The SMILES string of the molecule is CC.CC(=O)CCCCCNCO.CCCCCCCCCCCCN. The molecule has 0 aromatic carbocycles. The highest BCUT2D eigenvalue weighted by Gasteiger charge is 1.93. The second-order valence-corrected chi connectivity index (χ2v) is 6.64. The van der Waals surface area contributed by atoms with E-state index in [1.165, 1.54) is 64.2 Å². The Bertz CT molecular complexity index is 226. The van der Waals surface area contributed by atoms with Crippen LogP contribution in [0.2, 0.25) is 0 Å². The lowest BCUT2D eigenvalue weighted by Gasteiger charge is -2.00. The summed E-state index contributed by atoms with van der Waals surface area (Å²) >= 11 is 0. The van der Waals surface area contributed by atoms with Gasteiger partial charge in [-0.3, -0.25) is 5.32 Å². The summed E-state index contributed by atoms with van der Waals surface area (Å²) in [6, 6.07) is 0. The largest absolute Gasteiger partial charge is 0.381 e. The minimum atomic E-state index is 0.0483. The molecular weight excluding hydrogens is 324 g/mol. The van der Waals surface area contributed by atoms with Crippen LogP contribution in [0.5, 0.6) is 0 Å². The van der Waals surface area contributed by atoms with Gasteiger partial charge in [0.25, 0.3) is 0 Å². The monoisotopic (exact) mass is 374 g/mol. The first-order chi connectivity index (χ1) is 12.7. The molecule has 0 amide bonds. The normalized spacial score (nSPS) is 9.77. The fourth-order valence-electron chi connectivity index (χ4n) is 2.51. The summed E-state index contributed by atoms with van der Waals surface area (Å²) in [6.45, 7) is 9.65. The van der Waals surface area contributed by atoms with E-state index in [2.05, 4.69) is 12.2 Å². The highest BCUT2D eigenvalue weighted by Crippen LogP contribution is 2.09. The molecule has 0 radical (unpaired) electrons. The van der Waals surface area contributed by atoms with Crippen molar-refractivity contribution in [3.63, 3.8) is 0 Å². The molecule has 0 saturated carbocycles. The molecule has 0 spiro atoms. The number of nitrogens with one attached hydrogen (secondary N) is 1. The number of hydrogen-bond donors (Lipinski definition) is 3. The molecule has 0 heterocycles. The van der Waals surface area contributed by atoms with Crippen LogP contribution in [0, 0.1) is 0 Å². The van der Waals surface area contributed by atoms with Gasteiger partial charge in [0.05, 0.1) is 6.73 Å². The number of ketones is 1. The van der Waals surface area contributed by atoms with E-state index >= 15 is 0 Å². The van der Waals surface area contributed by atoms with E-state index in [9.17, 15) is 4.79 Å². The van der Waals surface area contributed by atoms with Crippen molar-refractivity contribution in [1.82, 2.24) is 5.32 Å². The zero-order chi connectivity index (χ0) is 20.3. The Labute approximate surface area is 164 Å². The zero-order valence-electron chi connectivity index (χ0n) is 18.5. The Morgan fingerprint density at radius 1 is 0.808 bits per heavy atom. The summed E-state index contributed by atoms with van der Waals surface area (Å²) in [5, 5.41) is 11.2. The minimum Gasteiger partial charge on any atom is -0.381 e. The average molecular weight is 375 g/mol. The molecule has 0 fully saturated rings. The molecule has 4 heteroatoms. The number of rotatable bonds is 17. The van der Waals surface area contributed by atoms with Gasteiger partial charge in [-0.2, -0.15) is 0 Å². The van der Waals surface area contributed by atoms with Gasteiger partial charge in [0, 0.05) is 6.42 Å². The molecule has 0 saturated heterocycles. The molecule has 4 N–H and O–H groups in total. The van der Waals surface area contributed by atoms with E-state index in [1.54, 1.807) is 6.92 Å². The lowest BCUT2D eigenvalue weighted by atomic mass is 10.1. The lowest BCUT2D eigenvalue weighted by molar-refractivity contribution is -0.117. The first kappa shape index (κ1) is 30.3. The maximum Gasteiger partial charge on any atom is 0.129 e. The second-order valence-electron chi connectivity index (χ2n) is 6.64. The van der Waals surface area contributed by atoms with Crippen molar-refractivity contribution < 1.29 is 9.90 Å². The maximum atomic E-state index is 10.5. The number of nitrogens with two attached hydrogens (primary N) is 1. The Balaban J connectivity index is -0.000000375. The standard InChI is InChI=1S/C12H27N.C8H17NO2.C2H6/c1-2-3-4-5-6-7-8-9-10-11-12-13;1-8(11)5-3-2-4-6-9-7-10;1-2/h2-13H2,1H3;9-10H,2-7H2,1H3;1-2H3. The predicted octanol–water partition coefficient (Wildman–Crippen LogP) is 5.57. The van der Waals surface area contributed by atoms with Crippen LogP contribution < -0.4 is 11.1 Å². The average Bonchev–Trinajstić information content (AvgIpc) is 2.65. The highest BCUT2D eigenvalue weighted by molar-refractivity contribution is 5.75. The van der Waals surface area contributed by atoms with Gasteiger partial charge < -0.3 is 15.6 Å². The fourth-order valence-corrected chi connectivity index (χ4v) is 2.51. The van der Waals surface area contributed by atoms with Crippen LogP contribution in [0.4, 0.5) is 0 Å². The summed E-state index contributed by atoms with van der Waals surface area (Å²) < 4.78 is 0. The molecule has 4 nitrogen and oxygen atoms in total. The Morgan fingerprint density at radius 2 is 1.27 bits per heavy atom. The molecular formula is C22H50N2O2. The van der Waals surface area contributed by atoms with E-state index in [4.69, 9.17) is 10.8 Å². The van der Waals surface area contributed by atoms with Gasteiger partial charge in [-0.25, -0.2) is 0 Å². The fraction of sp³-hybridized carbons (Fsp3) is 0.955. The highest BCUT2D eigenvalue weighted by atomic mass is 16.3. The number of unbranched alkanes of at least 4 members (excludes halogenated alkanes) is 11. The number of hydrogen-bond acceptors (Lipinski definition) is 4. The van der Waals surface area contributed by atoms with Crippen LogP contribution in [0.1, 0.15) is 118 Å². The molecule has 0 aliphatic rings. The summed E-state index contributed by atoms with van der Waals surface area (Å²) in [6.07, 6.45) is 17.7. The predicted molar refractivity (Wildman–Crippen MR) is 116 cm³/mol. The molecule has 0 rings (SSSR count). The number of carbonyl (C=O) groups is 1. The molecule has 160 valence electrons. The quantitative estimate of drug-likeness (QED) is 0.230. The number of carbonyl (C=O) groups excluding carboxylic acids is 1. The van der Waals surface area contributed by atoms with Crippen molar-refractivity contribution in [3.8, 4) is 0 Å². The van der Waals surface area contributed by atoms with Crippen LogP contribution >= 0.6 is 0 Å². The molecule has 0 aliphatic carbocycles. The van der Waals surface area contributed by atoms with Crippen molar-refractivity contribution in [3.05, 3.63) is 0 Å². The van der Waals surface area contributed by atoms with Gasteiger partial charge in [-0.05, 0) is 39.3 Å². The molecule has 0 aromatic rings. The molecule has 0 bridgehead atoms. The summed E-state index contributed by atoms with van der Waals surface area (Å²) in [7, 11) is 0. The maximum absolute atomic E-state index is 10.5. The molecule has 0 unspecified atom stereocenters. The second kappa shape index (κ2) is 32.2. The van der Waals surface area contributed by atoms with E-state index in [0.717, 1.165) is 32.4 Å². The summed E-state index contributed by atoms with van der Waals surface area (Å²) in [4.78, 5) is 10.5. The van der Waals surface area contributed by atoms with Crippen molar-refractivity contribution in [2.45, 2.75) is 118 Å². The summed E-state index contributed by atoms with van der Waals surface area (Å²) in [5.74, 6) is 0.264. The Kier molecular flexibility index (Phi) is 37.6. The minimum absolute atomic E-state index is 0.0483. The Hall–Kier alpha value is -0.450. The first-order valence-electron chi connectivity index (χ1n) is 11.2. The molecule has 26 heavy (non-hydrogen) atoms. The van der Waals surface area contributed by atoms with Crippen molar-refractivity contribution in [2.75, 3.05) is 19.8 Å². The van der Waals surface area contributed by atoms with Crippen molar-refractivity contribution >= 4 is 5.78 Å². The third kappa shape index (κ3) is 38.9. The molecule has 0 aromatic heterocycles. The number of aliphatic hydroxyl groups is 1. The van der Waals surface area contributed by atoms with E-state index < -0.39 is 0 Å². The van der Waals surface area contributed by atoms with E-state index in [0.29, 0.717) is 6.42 Å². The molecule has 0 atom stereocenters. The van der Waals surface area contributed by atoms with Crippen molar-refractivity contribution in [1.29, 1.82) is 0 Å². The molecule has 0 aliphatic heterocycles. The number of aliphatic hydroxyl groups excluding tert-OH is 1. The van der Waals surface area contributed by atoms with Gasteiger partial charge in [0.1, 0.15) is 5.78 Å². The van der Waals surface area contributed by atoms with Crippen molar-refractivity contribution in [2.24, 2.45) is 5.73 Å². The van der Waals surface area contributed by atoms with Crippen LogP contribution in [0.25, 0.3) is 0 Å². The van der Waals surface area contributed by atoms with Gasteiger partial charge in [0.15, 0.2) is 0 Å². The van der Waals surface area contributed by atoms with E-state index in [1.807, 2.05) is 13.8 Å². The van der Waals surface area contributed by atoms with Crippen LogP contribution in [-0.4, -0.2) is 30.7 Å². The van der Waals surface area contributed by atoms with Gasteiger partial charge >= 0.3 is 0 Å². The van der Waals surface area contributed by atoms with Crippen LogP contribution in [0.15, 0.2) is 0 Å². The topological polar surface area (TPSA) is 75.3 Å².